The summed E-state index contributed by atoms with van der Waals surface area (Å²) in [6.07, 6.45) is 5.58. The molecule has 1 aliphatic heterocycles. The number of aliphatic carboxylic acids is 1. The zero-order chi connectivity index (χ0) is 14.7. The Balaban J connectivity index is 1.81. The summed E-state index contributed by atoms with van der Waals surface area (Å²) < 4.78 is 1.80. The second kappa shape index (κ2) is 5.69. The van der Waals surface area contributed by atoms with Gasteiger partial charge in [-0.15, -0.1) is 0 Å². The maximum atomic E-state index is 11.7. The number of piperidine rings is 1. The molecular weight excluding hydrogens is 266 g/mol. The van der Waals surface area contributed by atoms with E-state index in [1.807, 2.05) is 36.5 Å². The molecule has 0 amide bonds. The van der Waals surface area contributed by atoms with Crippen LogP contribution in [0.3, 0.4) is 0 Å². The fourth-order valence-corrected chi connectivity index (χ4v) is 2.94. The van der Waals surface area contributed by atoms with E-state index in [0.29, 0.717) is 19.3 Å². The Labute approximate surface area is 123 Å². The van der Waals surface area contributed by atoms with E-state index in [2.05, 4.69) is 10.4 Å². The lowest BCUT2D eigenvalue weighted by atomic mass is 9.75. The molecule has 2 N–H and O–H groups in total. The molecule has 0 unspecified atom stereocenters. The predicted molar refractivity (Wildman–Crippen MR) is 79.4 cm³/mol. The molecule has 21 heavy (non-hydrogen) atoms. The fraction of sp³-hybridized carbons (Fsp3) is 0.375. The highest BCUT2D eigenvalue weighted by Gasteiger charge is 2.39. The molecule has 5 nitrogen and oxygen atoms in total. The van der Waals surface area contributed by atoms with E-state index in [-0.39, 0.29) is 0 Å². The number of nitrogens with one attached hydrogen (secondary N) is 1. The highest BCUT2D eigenvalue weighted by Crippen LogP contribution is 2.33. The number of nitrogens with zero attached hydrogens (tertiary/aromatic N) is 2. The van der Waals surface area contributed by atoms with Crippen LogP contribution in [0.5, 0.6) is 0 Å². The van der Waals surface area contributed by atoms with Crippen LogP contribution in [0.25, 0.3) is 5.69 Å². The van der Waals surface area contributed by atoms with Crippen molar-refractivity contribution in [1.29, 1.82) is 0 Å². The standard InChI is InChI=1S/C16H19N3O2/c20-15(21)16(6-8-17-9-7-16)10-13-11-18-19(12-13)14-4-2-1-3-5-14/h1-5,11-12,17H,6-10H2,(H,20,21). The molecule has 110 valence electrons. The largest absolute Gasteiger partial charge is 0.481 e. The van der Waals surface area contributed by atoms with Crippen molar-refractivity contribution >= 4 is 5.97 Å². The smallest absolute Gasteiger partial charge is 0.310 e. The zero-order valence-electron chi connectivity index (χ0n) is 11.8. The summed E-state index contributed by atoms with van der Waals surface area (Å²) in [5.74, 6) is -0.698. The first-order valence-electron chi connectivity index (χ1n) is 7.23. The Bertz CT molecular complexity index is 615. The van der Waals surface area contributed by atoms with Crippen molar-refractivity contribution in [3.8, 4) is 5.69 Å². The summed E-state index contributed by atoms with van der Waals surface area (Å²) in [7, 11) is 0. The molecule has 3 rings (SSSR count). The molecule has 0 radical (unpaired) electrons. The van der Waals surface area contributed by atoms with Crippen molar-refractivity contribution in [2.24, 2.45) is 5.41 Å². The first-order valence-corrected chi connectivity index (χ1v) is 7.23. The zero-order valence-corrected chi connectivity index (χ0v) is 11.8. The molecule has 2 heterocycles. The van der Waals surface area contributed by atoms with Crippen LogP contribution < -0.4 is 5.32 Å². The lowest BCUT2D eigenvalue weighted by molar-refractivity contribution is -0.150. The summed E-state index contributed by atoms with van der Waals surface area (Å²) in [4.78, 5) is 11.7. The SMILES string of the molecule is O=C(O)C1(Cc2cnn(-c3ccccc3)c2)CCNCC1. The quantitative estimate of drug-likeness (QED) is 0.900. The number of carboxylic acids is 1. The number of benzene rings is 1. The van der Waals surface area contributed by atoms with Crippen LogP contribution >= 0.6 is 0 Å². The number of hydrogen-bond donors (Lipinski definition) is 2. The number of carboxylic acid groups (broad SMARTS) is 1. The van der Waals surface area contributed by atoms with Crippen LogP contribution in [-0.2, 0) is 11.2 Å². The molecule has 0 saturated carbocycles. The monoisotopic (exact) mass is 285 g/mol. The van der Waals surface area contributed by atoms with E-state index in [1.54, 1.807) is 10.9 Å². The Hall–Kier alpha value is -2.14. The molecule has 0 aliphatic carbocycles. The van der Waals surface area contributed by atoms with Crippen molar-refractivity contribution in [2.45, 2.75) is 19.3 Å². The van der Waals surface area contributed by atoms with E-state index in [4.69, 9.17) is 0 Å². The van der Waals surface area contributed by atoms with Crippen molar-refractivity contribution in [3.63, 3.8) is 0 Å². The third kappa shape index (κ3) is 2.83. The third-order valence-electron chi connectivity index (χ3n) is 4.21. The predicted octanol–water partition coefficient (Wildman–Crippen LogP) is 1.87. The molecule has 1 fully saturated rings. The van der Waals surface area contributed by atoms with Gasteiger partial charge in [-0.2, -0.15) is 5.10 Å². The highest BCUT2D eigenvalue weighted by molar-refractivity contribution is 5.75. The van der Waals surface area contributed by atoms with Gasteiger partial charge >= 0.3 is 5.97 Å². The van der Waals surface area contributed by atoms with Gasteiger partial charge in [0.1, 0.15) is 0 Å². The van der Waals surface area contributed by atoms with Crippen molar-refractivity contribution in [3.05, 3.63) is 48.3 Å². The Morgan fingerprint density at radius 1 is 1.29 bits per heavy atom. The Morgan fingerprint density at radius 3 is 2.67 bits per heavy atom. The molecule has 5 heteroatoms. The Morgan fingerprint density at radius 2 is 2.00 bits per heavy atom. The van der Waals surface area contributed by atoms with Gasteiger partial charge < -0.3 is 10.4 Å². The van der Waals surface area contributed by atoms with E-state index in [1.165, 1.54) is 0 Å². The minimum Gasteiger partial charge on any atom is -0.481 e. The van der Waals surface area contributed by atoms with Gasteiger partial charge in [0.25, 0.3) is 0 Å². The minimum atomic E-state index is -0.698. The molecule has 0 bridgehead atoms. The van der Waals surface area contributed by atoms with E-state index in [0.717, 1.165) is 24.3 Å². The first-order chi connectivity index (χ1) is 10.2. The molecule has 2 aromatic rings. The van der Waals surface area contributed by atoms with Crippen LogP contribution in [0.1, 0.15) is 18.4 Å². The fourth-order valence-electron chi connectivity index (χ4n) is 2.94. The van der Waals surface area contributed by atoms with Crippen LogP contribution in [-0.4, -0.2) is 33.9 Å². The maximum Gasteiger partial charge on any atom is 0.310 e. The van der Waals surface area contributed by atoms with Crippen LogP contribution in [0.15, 0.2) is 42.7 Å². The molecule has 0 spiro atoms. The van der Waals surface area contributed by atoms with Gasteiger partial charge in [-0.05, 0) is 50.0 Å². The van der Waals surface area contributed by atoms with Crippen molar-refractivity contribution in [1.82, 2.24) is 15.1 Å². The normalized spacial score (nSPS) is 17.5. The van der Waals surface area contributed by atoms with Crippen LogP contribution in [0.2, 0.25) is 0 Å². The van der Waals surface area contributed by atoms with Crippen LogP contribution in [0, 0.1) is 5.41 Å². The van der Waals surface area contributed by atoms with Gasteiger partial charge in [-0.3, -0.25) is 4.79 Å². The summed E-state index contributed by atoms with van der Waals surface area (Å²) >= 11 is 0. The molecule has 1 aromatic heterocycles. The van der Waals surface area contributed by atoms with Gasteiger partial charge in [-0.1, -0.05) is 18.2 Å². The average Bonchev–Trinajstić information content (AvgIpc) is 2.97. The van der Waals surface area contributed by atoms with Gasteiger partial charge in [0.15, 0.2) is 0 Å². The van der Waals surface area contributed by atoms with Gasteiger partial charge in [0.05, 0.1) is 17.3 Å². The molecule has 1 aromatic carbocycles. The van der Waals surface area contributed by atoms with E-state index in [9.17, 15) is 9.90 Å². The molecule has 0 atom stereocenters. The minimum absolute atomic E-state index is 0.539. The summed E-state index contributed by atoms with van der Waals surface area (Å²) in [6.45, 7) is 1.53. The van der Waals surface area contributed by atoms with Gasteiger partial charge in [-0.25, -0.2) is 4.68 Å². The number of hydrogen-bond acceptors (Lipinski definition) is 3. The topological polar surface area (TPSA) is 67.1 Å². The average molecular weight is 285 g/mol. The van der Waals surface area contributed by atoms with Crippen molar-refractivity contribution < 1.29 is 9.90 Å². The number of rotatable bonds is 4. The number of aromatic nitrogens is 2. The molecular formula is C16H19N3O2. The highest BCUT2D eigenvalue weighted by atomic mass is 16.4. The Kier molecular flexibility index (Phi) is 3.75. The molecule has 1 aliphatic rings. The van der Waals surface area contributed by atoms with Gasteiger partial charge in [0, 0.05) is 6.20 Å². The summed E-state index contributed by atoms with van der Waals surface area (Å²) in [5, 5.41) is 17.2. The lowest BCUT2D eigenvalue weighted by Gasteiger charge is -2.33. The molecule has 1 saturated heterocycles. The van der Waals surface area contributed by atoms with E-state index < -0.39 is 11.4 Å². The number of para-hydroxylation sites is 1. The second-order valence-corrected chi connectivity index (χ2v) is 5.64. The second-order valence-electron chi connectivity index (χ2n) is 5.64. The summed E-state index contributed by atoms with van der Waals surface area (Å²) in [5.41, 5.74) is 1.30. The first kappa shape index (κ1) is 13.8. The van der Waals surface area contributed by atoms with Gasteiger partial charge in [0.2, 0.25) is 0 Å². The third-order valence-corrected chi connectivity index (χ3v) is 4.21. The number of carbonyl (C=O) groups is 1. The van der Waals surface area contributed by atoms with E-state index >= 15 is 0 Å². The van der Waals surface area contributed by atoms with Crippen molar-refractivity contribution in [2.75, 3.05) is 13.1 Å². The maximum absolute atomic E-state index is 11.7. The summed E-state index contributed by atoms with van der Waals surface area (Å²) in [6, 6.07) is 9.84. The van der Waals surface area contributed by atoms with Crippen LogP contribution in [0.4, 0.5) is 0 Å². The lowest BCUT2D eigenvalue weighted by Crippen LogP contribution is -2.43.